The van der Waals surface area contributed by atoms with Gasteiger partial charge in [-0.05, 0) is 55.0 Å². The topological polar surface area (TPSA) is 82.0 Å². The van der Waals surface area contributed by atoms with Crippen molar-refractivity contribution in [3.8, 4) is 10.4 Å². The Morgan fingerprint density at radius 2 is 1.91 bits per heavy atom. The first-order valence-electron chi connectivity index (χ1n) is 7.59. The Balaban J connectivity index is 1.84. The first kappa shape index (κ1) is 14.1. The van der Waals surface area contributed by atoms with E-state index >= 15 is 0 Å². The fourth-order valence-electron chi connectivity index (χ4n) is 3.11. The molecule has 0 radical (unpaired) electrons. The summed E-state index contributed by atoms with van der Waals surface area (Å²) in [7, 11) is 0. The molecule has 23 heavy (non-hydrogen) atoms. The zero-order valence-electron chi connectivity index (χ0n) is 12.4. The van der Waals surface area contributed by atoms with Crippen molar-refractivity contribution in [2.45, 2.75) is 25.7 Å². The molecule has 5 nitrogen and oxygen atoms in total. The van der Waals surface area contributed by atoms with E-state index in [1.807, 2.05) is 0 Å². The van der Waals surface area contributed by atoms with Gasteiger partial charge in [-0.15, -0.1) is 11.3 Å². The number of nitrogens with zero attached hydrogens (tertiary/aromatic N) is 2. The molecule has 1 aromatic carbocycles. The van der Waals surface area contributed by atoms with E-state index in [1.165, 1.54) is 36.2 Å². The number of pyridine rings is 1. The minimum Gasteiger partial charge on any atom is -0.397 e. The number of nitrogen functional groups attached to an aromatic ring is 1. The molecule has 0 saturated carbocycles. The van der Waals surface area contributed by atoms with Crippen LogP contribution in [-0.2, 0) is 12.8 Å². The van der Waals surface area contributed by atoms with E-state index in [0.717, 1.165) is 39.2 Å². The summed E-state index contributed by atoms with van der Waals surface area (Å²) in [5.74, 6) is 0. The number of rotatable bonds is 2. The monoisotopic (exact) mass is 325 g/mol. The first-order valence-corrected chi connectivity index (χ1v) is 8.41. The summed E-state index contributed by atoms with van der Waals surface area (Å²) in [6.45, 7) is 0. The number of aryl methyl sites for hydroxylation is 2. The van der Waals surface area contributed by atoms with Crippen LogP contribution in [0.1, 0.15) is 24.1 Å². The van der Waals surface area contributed by atoms with Gasteiger partial charge in [-0.2, -0.15) is 0 Å². The Labute approximate surface area is 136 Å². The minimum absolute atomic E-state index is 0.0852. The molecule has 1 aliphatic rings. The highest BCUT2D eigenvalue weighted by Gasteiger charge is 2.18. The second kappa shape index (κ2) is 5.31. The molecular weight excluding hydrogens is 310 g/mol. The van der Waals surface area contributed by atoms with Gasteiger partial charge in [0.2, 0.25) is 0 Å². The standard InChI is InChI=1S/C17H15N3O2S/c18-15-13-9-11-3-1-2-4-14(11)19-17(13)23-16(15)10-5-7-12(8-6-10)20(21)22/h5-9H,1-4,18H2. The predicted molar refractivity (Wildman–Crippen MR) is 92.8 cm³/mol. The van der Waals surface area contributed by atoms with Gasteiger partial charge in [-0.1, -0.05) is 0 Å². The highest BCUT2D eigenvalue weighted by Crippen LogP contribution is 2.41. The lowest BCUT2D eigenvalue weighted by Crippen LogP contribution is -2.04. The molecule has 3 aromatic rings. The van der Waals surface area contributed by atoms with Crippen molar-refractivity contribution < 1.29 is 4.92 Å². The van der Waals surface area contributed by atoms with E-state index in [1.54, 1.807) is 23.5 Å². The van der Waals surface area contributed by atoms with Crippen molar-refractivity contribution in [2.24, 2.45) is 0 Å². The number of benzene rings is 1. The van der Waals surface area contributed by atoms with Crippen molar-refractivity contribution in [1.29, 1.82) is 0 Å². The quantitative estimate of drug-likeness (QED) is 0.561. The number of non-ortho nitro benzene ring substituents is 1. The van der Waals surface area contributed by atoms with Crippen LogP contribution in [0.5, 0.6) is 0 Å². The van der Waals surface area contributed by atoms with Gasteiger partial charge in [0.15, 0.2) is 0 Å². The lowest BCUT2D eigenvalue weighted by atomic mass is 9.95. The van der Waals surface area contributed by atoms with Crippen LogP contribution in [0.2, 0.25) is 0 Å². The zero-order chi connectivity index (χ0) is 16.0. The average molecular weight is 325 g/mol. The maximum absolute atomic E-state index is 10.8. The number of hydrogen-bond acceptors (Lipinski definition) is 5. The fourth-order valence-corrected chi connectivity index (χ4v) is 4.21. The van der Waals surface area contributed by atoms with E-state index in [9.17, 15) is 10.1 Å². The number of aromatic nitrogens is 1. The molecule has 0 amide bonds. The summed E-state index contributed by atoms with van der Waals surface area (Å²) in [5, 5.41) is 11.8. The molecule has 4 rings (SSSR count). The van der Waals surface area contributed by atoms with Crippen molar-refractivity contribution in [1.82, 2.24) is 4.98 Å². The van der Waals surface area contributed by atoms with Crippen LogP contribution in [0.4, 0.5) is 11.4 Å². The summed E-state index contributed by atoms with van der Waals surface area (Å²) < 4.78 is 0. The number of nitrogens with two attached hydrogens (primary N) is 1. The van der Waals surface area contributed by atoms with E-state index in [0.29, 0.717) is 0 Å². The van der Waals surface area contributed by atoms with Crippen molar-refractivity contribution in [2.75, 3.05) is 5.73 Å². The molecule has 2 heterocycles. The molecule has 2 aromatic heterocycles. The van der Waals surface area contributed by atoms with Gasteiger partial charge in [-0.3, -0.25) is 10.1 Å². The van der Waals surface area contributed by atoms with Crippen molar-refractivity contribution in [3.05, 3.63) is 51.7 Å². The Bertz CT molecular complexity index is 916. The normalized spacial score (nSPS) is 13.9. The third-order valence-electron chi connectivity index (χ3n) is 4.34. The number of thiophene rings is 1. The second-order valence-corrected chi connectivity index (χ2v) is 6.80. The van der Waals surface area contributed by atoms with E-state index in [4.69, 9.17) is 10.7 Å². The Hall–Kier alpha value is -2.47. The molecular formula is C17H15N3O2S. The smallest absolute Gasteiger partial charge is 0.269 e. The third-order valence-corrected chi connectivity index (χ3v) is 5.50. The Morgan fingerprint density at radius 1 is 1.17 bits per heavy atom. The summed E-state index contributed by atoms with van der Waals surface area (Å²) in [4.78, 5) is 17.1. The van der Waals surface area contributed by atoms with Gasteiger partial charge >= 0.3 is 0 Å². The lowest BCUT2D eigenvalue weighted by molar-refractivity contribution is -0.384. The molecule has 0 atom stereocenters. The van der Waals surface area contributed by atoms with Crippen molar-refractivity contribution >= 4 is 32.9 Å². The molecule has 0 spiro atoms. The summed E-state index contributed by atoms with van der Waals surface area (Å²) in [5.41, 5.74) is 10.5. The van der Waals surface area contributed by atoms with Crippen LogP contribution in [0, 0.1) is 10.1 Å². The predicted octanol–water partition coefficient (Wildman–Crippen LogP) is 4.33. The summed E-state index contributed by atoms with van der Waals surface area (Å²) in [6.07, 6.45) is 4.51. The van der Waals surface area contributed by atoms with Crippen LogP contribution in [0.25, 0.3) is 20.7 Å². The van der Waals surface area contributed by atoms with Gasteiger partial charge in [0.1, 0.15) is 4.83 Å². The molecule has 0 unspecified atom stereocenters. The highest BCUT2D eigenvalue weighted by molar-refractivity contribution is 7.22. The molecule has 0 bridgehead atoms. The first-order chi connectivity index (χ1) is 11.1. The molecule has 116 valence electrons. The largest absolute Gasteiger partial charge is 0.397 e. The number of nitro benzene ring substituents is 1. The van der Waals surface area contributed by atoms with E-state index < -0.39 is 4.92 Å². The van der Waals surface area contributed by atoms with Crippen LogP contribution >= 0.6 is 11.3 Å². The Kier molecular flexibility index (Phi) is 3.27. The second-order valence-electron chi connectivity index (χ2n) is 5.80. The van der Waals surface area contributed by atoms with Gasteiger partial charge in [0.05, 0.1) is 15.5 Å². The number of anilines is 1. The van der Waals surface area contributed by atoms with Crippen LogP contribution < -0.4 is 5.73 Å². The molecule has 0 fully saturated rings. The van der Waals surface area contributed by atoms with Gasteiger partial charge < -0.3 is 5.73 Å². The number of hydrogen-bond donors (Lipinski definition) is 1. The number of nitro groups is 1. The molecule has 6 heteroatoms. The van der Waals surface area contributed by atoms with Crippen LogP contribution in [-0.4, -0.2) is 9.91 Å². The van der Waals surface area contributed by atoms with Crippen molar-refractivity contribution in [3.63, 3.8) is 0 Å². The molecule has 2 N–H and O–H groups in total. The maximum atomic E-state index is 10.8. The SMILES string of the molecule is Nc1c(-c2ccc([N+](=O)[O-])cc2)sc2nc3c(cc12)CCCC3. The molecule has 0 aliphatic heterocycles. The van der Waals surface area contributed by atoms with Crippen LogP contribution in [0.15, 0.2) is 30.3 Å². The molecule has 1 aliphatic carbocycles. The third kappa shape index (κ3) is 2.35. The van der Waals surface area contributed by atoms with Gasteiger partial charge in [0.25, 0.3) is 5.69 Å². The highest BCUT2D eigenvalue weighted by atomic mass is 32.1. The summed E-state index contributed by atoms with van der Waals surface area (Å²) in [6, 6.07) is 8.70. The number of fused-ring (bicyclic) bond motifs is 2. The van der Waals surface area contributed by atoms with E-state index in [-0.39, 0.29) is 5.69 Å². The van der Waals surface area contributed by atoms with E-state index in [2.05, 4.69) is 6.07 Å². The minimum atomic E-state index is -0.395. The fraction of sp³-hybridized carbons (Fsp3) is 0.235. The van der Waals surface area contributed by atoms with Gasteiger partial charge in [0, 0.05) is 23.2 Å². The average Bonchev–Trinajstić information content (AvgIpc) is 2.89. The zero-order valence-corrected chi connectivity index (χ0v) is 13.2. The molecule has 0 saturated heterocycles. The maximum Gasteiger partial charge on any atom is 0.269 e. The Morgan fingerprint density at radius 3 is 2.65 bits per heavy atom. The van der Waals surface area contributed by atoms with Gasteiger partial charge in [-0.25, -0.2) is 4.98 Å². The summed E-state index contributed by atoms with van der Waals surface area (Å²) >= 11 is 1.56. The lowest BCUT2D eigenvalue weighted by Gasteiger charge is -2.14. The van der Waals surface area contributed by atoms with Crippen LogP contribution in [0.3, 0.4) is 0 Å².